The number of benzene rings is 2. The van der Waals surface area contributed by atoms with Gasteiger partial charge in [0, 0.05) is 16.0 Å². The molecule has 0 spiro atoms. The lowest BCUT2D eigenvalue weighted by Crippen LogP contribution is -1.87. The first-order valence-corrected chi connectivity index (χ1v) is 7.91. The molecule has 1 heterocycles. The number of methoxy groups -OCH3 is 1. The van der Waals surface area contributed by atoms with Crippen molar-refractivity contribution in [1.29, 1.82) is 0 Å². The Kier molecular flexibility index (Phi) is 3.93. The summed E-state index contributed by atoms with van der Waals surface area (Å²) in [6.07, 6.45) is 0. The van der Waals surface area contributed by atoms with Crippen LogP contribution >= 0.6 is 11.8 Å². The van der Waals surface area contributed by atoms with Crippen LogP contribution in [0.3, 0.4) is 0 Å². The molecule has 0 saturated carbocycles. The summed E-state index contributed by atoms with van der Waals surface area (Å²) in [5, 5.41) is 1.10. The Morgan fingerprint density at radius 3 is 2.71 bits per heavy atom. The van der Waals surface area contributed by atoms with Crippen LogP contribution in [0, 0.1) is 13.8 Å². The monoisotopic (exact) mass is 298 g/mol. The summed E-state index contributed by atoms with van der Waals surface area (Å²) in [4.78, 5) is 1.29. The summed E-state index contributed by atoms with van der Waals surface area (Å²) in [6, 6.07) is 14.9. The first-order chi connectivity index (χ1) is 10.2. The van der Waals surface area contributed by atoms with Gasteiger partial charge < -0.3 is 9.15 Å². The molecule has 0 atom stereocenters. The van der Waals surface area contributed by atoms with Crippen LogP contribution in [0.5, 0.6) is 5.75 Å². The molecule has 3 rings (SSSR count). The number of ether oxygens (including phenoxy) is 1. The summed E-state index contributed by atoms with van der Waals surface area (Å²) in [7, 11) is 1.68. The van der Waals surface area contributed by atoms with E-state index in [1.54, 1.807) is 7.11 Å². The van der Waals surface area contributed by atoms with E-state index in [-0.39, 0.29) is 0 Å². The number of thioether (sulfide) groups is 1. The fraction of sp³-hybridized carbons (Fsp3) is 0.222. The van der Waals surface area contributed by atoms with E-state index in [1.165, 1.54) is 16.0 Å². The lowest BCUT2D eigenvalue weighted by molar-refractivity contribution is 0.408. The average molecular weight is 298 g/mol. The maximum Gasteiger partial charge on any atom is 0.176 e. The van der Waals surface area contributed by atoms with E-state index in [0.717, 1.165) is 28.2 Å². The average Bonchev–Trinajstić information content (AvgIpc) is 2.84. The van der Waals surface area contributed by atoms with E-state index in [2.05, 4.69) is 49.4 Å². The maximum absolute atomic E-state index is 5.69. The van der Waals surface area contributed by atoms with Gasteiger partial charge in [-0.15, -0.1) is 11.8 Å². The van der Waals surface area contributed by atoms with Crippen molar-refractivity contribution in [3.05, 3.63) is 59.4 Å². The normalized spacial score (nSPS) is 11.0. The van der Waals surface area contributed by atoms with Crippen LogP contribution in [-0.2, 0) is 5.75 Å². The molecule has 3 aromatic rings. The van der Waals surface area contributed by atoms with Crippen molar-refractivity contribution in [1.82, 2.24) is 0 Å². The summed E-state index contributed by atoms with van der Waals surface area (Å²) in [6.45, 7) is 4.08. The van der Waals surface area contributed by atoms with Crippen LogP contribution in [0.1, 0.15) is 16.9 Å². The van der Waals surface area contributed by atoms with Crippen molar-refractivity contribution in [3.63, 3.8) is 0 Å². The molecule has 0 aliphatic rings. The third-order valence-electron chi connectivity index (χ3n) is 3.38. The van der Waals surface area contributed by atoms with Crippen LogP contribution in [0.4, 0.5) is 0 Å². The molecule has 21 heavy (non-hydrogen) atoms. The van der Waals surface area contributed by atoms with Crippen LogP contribution in [0.2, 0.25) is 0 Å². The van der Waals surface area contributed by atoms with E-state index in [0.29, 0.717) is 0 Å². The zero-order valence-electron chi connectivity index (χ0n) is 12.5. The standard InChI is InChI=1S/C18H18O2S/c1-12-5-4-6-16(7-12)21-11-14-9-15-8-13(2)20-18(15)17(10-14)19-3/h4-10H,11H2,1-3H3. The minimum Gasteiger partial charge on any atom is -0.493 e. The van der Waals surface area contributed by atoms with Crippen molar-refractivity contribution in [2.45, 2.75) is 24.5 Å². The van der Waals surface area contributed by atoms with Gasteiger partial charge in [-0.25, -0.2) is 0 Å². The van der Waals surface area contributed by atoms with Crippen molar-refractivity contribution in [2.24, 2.45) is 0 Å². The molecule has 3 heteroatoms. The number of hydrogen-bond donors (Lipinski definition) is 0. The molecule has 0 N–H and O–H groups in total. The number of rotatable bonds is 4. The Hall–Kier alpha value is -1.87. The minimum absolute atomic E-state index is 0.806. The molecule has 2 aromatic carbocycles. The van der Waals surface area contributed by atoms with Gasteiger partial charge in [-0.3, -0.25) is 0 Å². The fourth-order valence-corrected chi connectivity index (χ4v) is 3.36. The molecule has 0 fully saturated rings. The van der Waals surface area contributed by atoms with E-state index in [1.807, 2.05) is 18.7 Å². The summed E-state index contributed by atoms with van der Waals surface area (Å²) in [5.74, 6) is 2.63. The van der Waals surface area contributed by atoms with E-state index >= 15 is 0 Å². The quantitative estimate of drug-likeness (QED) is 0.606. The Morgan fingerprint density at radius 2 is 1.95 bits per heavy atom. The van der Waals surface area contributed by atoms with Crippen molar-refractivity contribution < 1.29 is 9.15 Å². The van der Waals surface area contributed by atoms with Gasteiger partial charge in [-0.2, -0.15) is 0 Å². The number of fused-ring (bicyclic) bond motifs is 1. The smallest absolute Gasteiger partial charge is 0.176 e. The second kappa shape index (κ2) is 5.86. The molecule has 1 aromatic heterocycles. The molecule has 0 aliphatic heterocycles. The molecular weight excluding hydrogens is 280 g/mol. The second-order valence-electron chi connectivity index (χ2n) is 5.18. The highest BCUT2D eigenvalue weighted by molar-refractivity contribution is 7.98. The van der Waals surface area contributed by atoms with E-state index in [9.17, 15) is 0 Å². The number of hydrogen-bond acceptors (Lipinski definition) is 3. The predicted molar refractivity (Wildman–Crippen MR) is 88.2 cm³/mol. The number of aryl methyl sites for hydroxylation is 2. The van der Waals surface area contributed by atoms with Gasteiger partial charge >= 0.3 is 0 Å². The predicted octanol–water partition coefficient (Wildman–Crippen LogP) is 5.35. The third kappa shape index (κ3) is 3.08. The molecule has 0 bridgehead atoms. The summed E-state index contributed by atoms with van der Waals surface area (Å²) >= 11 is 1.84. The van der Waals surface area contributed by atoms with Crippen molar-refractivity contribution in [3.8, 4) is 5.75 Å². The first kappa shape index (κ1) is 14.1. The molecule has 0 radical (unpaired) electrons. The summed E-state index contributed by atoms with van der Waals surface area (Å²) in [5.41, 5.74) is 3.37. The molecule has 0 amide bonds. The SMILES string of the molecule is COc1cc(CSc2cccc(C)c2)cc2cc(C)oc12. The maximum atomic E-state index is 5.69. The molecule has 108 valence electrons. The molecule has 0 aliphatic carbocycles. The van der Waals surface area contributed by atoms with Crippen LogP contribution in [0.15, 0.2) is 51.8 Å². The highest BCUT2D eigenvalue weighted by atomic mass is 32.2. The Bertz CT molecular complexity index is 774. The van der Waals surface area contributed by atoms with Crippen LogP contribution in [-0.4, -0.2) is 7.11 Å². The third-order valence-corrected chi connectivity index (χ3v) is 4.45. The Balaban J connectivity index is 1.86. The zero-order valence-corrected chi connectivity index (χ0v) is 13.3. The van der Waals surface area contributed by atoms with E-state index < -0.39 is 0 Å². The second-order valence-corrected chi connectivity index (χ2v) is 6.23. The van der Waals surface area contributed by atoms with Gasteiger partial charge in [0.2, 0.25) is 0 Å². The van der Waals surface area contributed by atoms with Gasteiger partial charge in [0.25, 0.3) is 0 Å². The first-order valence-electron chi connectivity index (χ1n) is 6.92. The van der Waals surface area contributed by atoms with Crippen molar-refractivity contribution in [2.75, 3.05) is 7.11 Å². The highest BCUT2D eigenvalue weighted by Gasteiger charge is 2.09. The van der Waals surface area contributed by atoms with Crippen LogP contribution < -0.4 is 4.74 Å². The molecule has 0 saturated heterocycles. The topological polar surface area (TPSA) is 22.4 Å². The number of furan rings is 1. The highest BCUT2D eigenvalue weighted by Crippen LogP contribution is 2.32. The Morgan fingerprint density at radius 1 is 1.10 bits per heavy atom. The lowest BCUT2D eigenvalue weighted by Gasteiger charge is -2.06. The summed E-state index contributed by atoms with van der Waals surface area (Å²) < 4.78 is 11.1. The fourth-order valence-electron chi connectivity index (χ4n) is 2.42. The lowest BCUT2D eigenvalue weighted by atomic mass is 10.1. The van der Waals surface area contributed by atoms with Gasteiger partial charge in [0.1, 0.15) is 5.76 Å². The molecule has 0 unspecified atom stereocenters. The Labute approximate surface area is 129 Å². The van der Waals surface area contributed by atoms with Gasteiger partial charge in [0.15, 0.2) is 11.3 Å². The largest absolute Gasteiger partial charge is 0.493 e. The van der Waals surface area contributed by atoms with Gasteiger partial charge in [-0.1, -0.05) is 17.7 Å². The van der Waals surface area contributed by atoms with E-state index in [4.69, 9.17) is 9.15 Å². The van der Waals surface area contributed by atoms with Gasteiger partial charge in [0.05, 0.1) is 7.11 Å². The van der Waals surface area contributed by atoms with Crippen molar-refractivity contribution >= 4 is 22.7 Å². The van der Waals surface area contributed by atoms with Gasteiger partial charge in [-0.05, 0) is 49.7 Å². The van der Waals surface area contributed by atoms with Crippen LogP contribution in [0.25, 0.3) is 11.0 Å². The minimum atomic E-state index is 0.806. The zero-order chi connectivity index (χ0) is 14.8. The molecule has 2 nitrogen and oxygen atoms in total. The molecular formula is C18H18O2S.